The van der Waals surface area contributed by atoms with Crippen LogP contribution in [0.1, 0.15) is 26.2 Å². The molecular weight excluding hydrogens is 397 g/mol. The summed E-state index contributed by atoms with van der Waals surface area (Å²) in [6.07, 6.45) is 0.160. The molecule has 2 aliphatic rings. The van der Waals surface area contributed by atoms with Crippen LogP contribution in [0.5, 0.6) is 5.75 Å². The lowest BCUT2D eigenvalue weighted by Crippen LogP contribution is -2.43. The number of cyclic esters (lactones) is 1. The molecule has 0 unspecified atom stereocenters. The lowest BCUT2D eigenvalue weighted by molar-refractivity contribution is -0.151. The van der Waals surface area contributed by atoms with Gasteiger partial charge in [0.1, 0.15) is 6.10 Å². The molecular formula is C20H26FN3O6. The lowest BCUT2D eigenvalue weighted by Gasteiger charge is -2.33. The van der Waals surface area contributed by atoms with Gasteiger partial charge in [0.25, 0.3) is 0 Å². The summed E-state index contributed by atoms with van der Waals surface area (Å²) in [6, 6.07) is 4.13. The van der Waals surface area contributed by atoms with Gasteiger partial charge in [-0.15, -0.1) is 0 Å². The second kappa shape index (κ2) is 9.29. The topological polar surface area (TPSA) is 117 Å². The predicted octanol–water partition coefficient (Wildman–Crippen LogP) is 1.51. The van der Waals surface area contributed by atoms with E-state index < -0.39 is 29.4 Å². The maximum Gasteiger partial charge on any atom is 0.414 e. The zero-order chi connectivity index (χ0) is 21.7. The molecule has 0 aromatic heterocycles. The summed E-state index contributed by atoms with van der Waals surface area (Å²) in [5.41, 5.74) is -0.542. The van der Waals surface area contributed by atoms with Crippen LogP contribution in [-0.4, -0.2) is 62.0 Å². The summed E-state index contributed by atoms with van der Waals surface area (Å²) in [4.78, 5) is 36.0. The van der Waals surface area contributed by atoms with Crippen molar-refractivity contribution in [3.63, 3.8) is 0 Å². The molecule has 0 spiro atoms. The Morgan fingerprint density at radius 2 is 2.13 bits per heavy atom. The number of carbonyl (C=O) groups is 3. The molecule has 2 aliphatic heterocycles. The molecule has 10 heteroatoms. The van der Waals surface area contributed by atoms with Crippen molar-refractivity contribution in [3.05, 3.63) is 24.0 Å². The van der Waals surface area contributed by atoms with Crippen LogP contribution in [0.15, 0.2) is 18.2 Å². The molecule has 2 fully saturated rings. The second-order valence-electron chi connectivity index (χ2n) is 7.60. The van der Waals surface area contributed by atoms with Crippen LogP contribution in [0.25, 0.3) is 0 Å². The Morgan fingerprint density at radius 3 is 2.77 bits per heavy atom. The van der Waals surface area contributed by atoms with Crippen LogP contribution in [0.3, 0.4) is 0 Å². The number of carboxylic acid groups (broad SMARTS) is 1. The maximum absolute atomic E-state index is 14.5. The number of benzene rings is 1. The molecule has 3 rings (SSSR count). The standard InChI is InChI=1S/C20H26FN3O6/c1-13(25)23-11-15-12-24(19(28)30-15)14-2-3-17(16(21)10-14)29-9-6-20(18(26)27)4-7-22-8-5-20/h2-3,10,15,22H,4-9,11-12H2,1H3,(H,23,25)(H,26,27)/t15-/m0/s1. The number of ether oxygens (including phenoxy) is 2. The van der Waals surface area contributed by atoms with Crippen LogP contribution in [0, 0.1) is 11.2 Å². The van der Waals surface area contributed by atoms with Gasteiger partial charge in [0.15, 0.2) is 11.6 Å². The molecule has 2 amide bonds. The maximum atomic E-state index is 14.5. The molecule has 0 radical (unpaired) electrons. The van der Waals surface area contributed by atoms with E-state index in [0.717, 1.165) is 0 Å². The Kier molecular flexibility index (Phi) is 6.76. The van der Waals surface area contributed by atoms with E-state index in [1.807, 2.05) is 0 Å². The number of hydrogen-bond donors (Lipinski definition) is 3. The number of carbonyl (C=O) groups excluding carboxylic acids is 2. The molecule has 1 aromatic carbocycles. The molecule has 3 N–H and O–H groups in total. The average Bonchev–Trinajstić information content (AvgIpc) is 3.09. The van der Waals surface area contributed by atoms with Gasteiger partial charge in [-0.3, -0.25) is 14.5 Å². The van der Waals surface area contributed by atoms with E-state index in [-0.39, 0.29) is 37.8 Å². The molecule has 0 bridgehead atoms. The van der Waals surface area contributed by atoms with E-state index in [1.165, 1.54) is 30.0 Å². The monoisotopic (exact) mass is 423 g/mol. The normalized spacial score (nSPS) is 20.5. The summed E-state index contributed by atoms with van der Waals surface area (Å²) >= 11 is 0. The number of amides is 2. The van der Waals surface area contributed by atoms with Crippen molar-refractivity contribution >= 4 is 23.7 Å². The fourth-order valence-corrected chi connectivity index (χ4v) is 3.70. The van der Waals surface area contributed by atoms with Crippen molar-refractivity contribution in [2.24, 2.45) is 5.41 Å². The highest BCUT2D eigenvalue weighted by Crippen LogP contribution is 2.34. The third kappa shape index (κ3) is 4.99. The van der Waals surface area contributed by atoms with E-state index in [9.17, 15) is 23.9 Å². The van der Waals surface area contributed by atoms with Crippen molar-refractivity contribution in [2.75, 3.05) is 37.7 Å². The van der Waals surface area contributed by atoms with E-state index in [0.29, 0.717) is 31.6 Å². The number of carboxylic acids is 1. The summed E-state index contributed by atoms with van der Waals surface area (Å²) in [5.74, 6) is -1.74. The molecule has 0 aliphatic carbocycles. The number of piperidine rings is 1. The highest BCUT2D eigenvalue weighted by molar-refractivity contribution is 5.90. The zero-order valence-electron chi connectivity index (χ0n) is 16.8. The number of halogens is 1. The Hall–Kier alpha value is -2.88. The third-order valence-electron chi connectivity index (χ3n) is 5.53. The van der Waals surface area contributed by atoms with Gasteiger partial charge in [-0.05, 0) is 44.5 Å². The zero-order valence-corrected chi connectivity index (χ0v) is 16.8. The Labute approximate surface area is 173 Å². The van der Waals surface area contributed by atoms with Gasteiger partial charge in [-0.2, -0.15) is 0 Å². The number of hydrogen-bond acceptors (Lipinski definition) is 6. The Morgan fingerprint density at radius 1 is 1.40 bits per heavy atom. The first-order valence-corrected chi connectivity index (χ1v) is 9.90. The minimum Gasteiger partial charge on any atom is -0.490 e. The smallest absolute Gasteiger partial charge is 0.414 e. The first-order chi connectivity index (χ1) is 14.3. The van der Waals surface area contributed by atoms with Crippen LogP contribution in [-0.2, 0) is 14.3 Å². The fraction of sp³-hybridized carbons (Fsp3) is 0.550. The van der Waals surface area contributed by atoms with Crippen molar-refractivity contribution in [1.29, 1.82) is 0 Å². The van der Waals surface area contributed by atoms with Crippen molar-refractivity contribution in [1.82, 2.24) is 10.6 Å². The minimum absolute atomic E-state index is 0.00409. The highest BCUT2D eigenvalue weighted by atomic mass is 19.1. The van der Waals surface area contributed by atoms with Gasteiger partial charge < -0.3 is 25.2 Å². The van der Waals surface area contributed by atoms with E-state index in [2.05, 4.69) is 10.6 Å². The molecule has 1 aromatic rings. The molecule has 30 heavy (non-hydrogen) atoms. The van der Waals surface area contributed by atoms with Crippen LogP contribution < -0.4 is 20.3 Å². The van der Waals surface area contributed by atoms with E-state index in [1.54, 1.807) is 0 Å². The quantitative estimate of drug-likeness (QED) is 0.580. The SMILES string of the molecule is CC(=O)NC[C@H]1CN(c2ccc(OCCC3(C(=O)O)CCNCC3)c(F)c2)C(=O)O1. The fourth-order valence-electron chi connectivity index (χ4n) is 3.70. The highest BCUT2D eigenvalue weighted by Gasteiger charge is 2.39. The summed E-state index contributed by atoms with van der Waals surface area (Å²) < 4.78 is 25.2. The van der Waals surface area contributed by atoms with Crippen molar-refractivity contribution < 1.29 is 33.4 Å². The van der Waals surface area contributed by atoms with Crippen molar-refractivity contribution in [2.45, 2.75) is 32.3 Å². The first kappa shape index (κ1) is 21.8. The largest absolute Gasteiger partial charge is 0.490 e. The van der Waals surface area contributed by atoms with Gasteiger partial charge >= 0.3 is 12.1 Å². The van der Waals surface area contributed by atoms with Crippen LogP contribution in [0.2, 0.25) is 0 Å². The molecule has 164 valence electrons. The average molecular weight is 423 g/mol. The van der Waals surface area contributed by atoms with Gasteiger partial charge in [-0.25, -0.2) is 9.18 Å². The summed E-state index contributed by atoms with van der Waals surface area (Å²) in [6.45, 7) is 3.07. The summed E-state index contributed by atoms with van der Waals surface area (Å²) in [5, 5.41) is 15.3. The number of nitrogens with one attached hydrogen (secondary N) is 2. The third-order valence-corrected chi connectivity index (χ3v) is 5.53. The van der Waals surface area contributed by atoms with E-state index in [4.69, 9.17) is 9.47 Å². The Bertz CT molecular complexity index is 812. The molecule has 2 heterocycles. The molecule has 1 atom stereocenters. The van der Waals surface area contributed by atoms with Gasteiger partial charge in [-0.1, -0.05) is 0 Å². The number of aliphatic carboxylic acids is 1. The number of anilines is 1. The lowest BCUT2D eigenvalue weighted by atomic mass is 9.76. The summed E-state index contributed by atoms with van der Waals surface area (Å²) in [7, 11) is 0. The number of nitrogens with zero attached hydrogens (tertiary/aromatic N) is 1. The minimum atomic E-state index is -0.857. The Balaban J connectivity index is 1.58. The molecule has 2 saturated heterocycles. The number of rotatable bonds is 8. The second-order valence-corrected chi connectivity index (χ2v) is 7.60. The first-order valence-electron chi connectivity index (χ1n) is 9.90. The predicted molar refractivity (Wildman–Crippen MR) is 105 cm³/mol. The molecule has 0 saturated carbocycles. The van der Waals surface area contributed by atoms with E-state index >= 15 is 0 Å². The van der Waals surface area contributed by atoms with Gasteiger partial charge in [0, 0.05) is 13.0 Å². The van der Waals surface area contributed by atoms with Crippen LogP contribution in [0.4, 0.5) is 14.9 Å². The van der Waals surface area contributed by atoms with Gasteiger partial charge in [0.05, 0.1) is 30.8 Å². The van der Waals surface area contributed by atoms with Crippen LogP contribution >= 0.6 is 0 Å². The van der Waals surface area contributed by atoms with Gasteiger partial charge in [0.2, 0.25) is 5.91 Å². The molecule has 9 nitrogen and oxygen atoms in total. The van der Waals surface area contributed by atoms with Crippen molar-refractivity contribution in [3.8, 4) is 5.75 Å².